The van der Waals surface area contributed by atoms with Gasteiger partial charge in [-0.1, -0.05) is 48.0 Å². The van der Waals surface area contributed by atoms with Gasteiger partial charge in [0.15, 0.2) is 5.78 Å². The van der Waals surface area contributed by atoms with Gasteiger partial charge in [-0.15, -0.1) is 0 Å². The Labute approximate surface area is 109 Å². The van der Waals surface area contributed by atoms with E-state index < -0.39 is 10.8 Å². The molecule has 0 N–H and O–H groups in total. The summed E-state index contributed by atoms with van der Waals surface area (Å²) in [5.74, 6) is -0.0511. The van der Waals surface area contributed by atoms with E-state index in [-0.39, 0.29) is 11.5 Å². The normalized spacial score (nSPS) is 12.1. The Balaban J connectivity index is 2.08. The fraction of sp³-hybridized carbons (Fsp3) is 0.133. The quantitative estimate of drug-likeness (QED) is 0.790. The number of Topliss-reactive ketones (excluding diaryl/α,β-unsaturated/α-hetero) is 1. The van der Waals surface area contributed by atoms with Crippen LogP contribution in [0.2, 0.25) is 0 Å². The van der Waals surface area contributed by atoms with E-state index in [1.165, 1.54) is 0 Å². The van der Waals surface area contributed by atoms with E-state index in [0.717, 1.165) is 5.56 Å². The molecule has 0 spiro atoms. The van der Waals surface area contributed by atoms with Crippen molar-refractivity contribution in [1.82, 2.24) is 0 Å². The highest BCUT2D eigenvalue weighted by atomic mass is 32.2. The first-order chi connectivity index (χ1) is 8.66. The summed E-state index contributed by atoms with van der Waals surface area (Å²) in [6.07, 6.45) is 0. The SMILES string of the molecule is Cc1ccc(C(=O)CS(=O)c2ccccc2)cc1. The summed E-state index contributed by atoms with van der Waals surface area (Å²) in [6, 6.07) is 16.4. The van der Waals surface area contributed by atoms with Crippen molar-refractivity contribution < 1.29 is 9.00 Å². The lowest BCUT2D eigenvalue weighted by Gasteiger charge is -2.02. The summed E-state index contributed by atoms with van der Waals surface area (Å²) in [7, 11) is -1.27. The highest BCUT2D eigenvalue weighted by Gasteiger charge is 2.11. The molecule has 0 saturated heterocycles. The van der Waals surface area contributed by atoms with E-state index >= 15 is 0 Å². The van der Waals surface area contributed by atoms with E-state index in [1.54, 1.807) is 24.3 Å². The van der Waals surface area contributed by atoms with Crippen LogP contribution in [0, 0.1) is 6.92 Å². The van der Waals surface area contributed by atoms with Crippen LogP contribution >= 0.6 is 0 Å². The number of carbonyl (C=O) groups excluding carboxylic acids is 1. The average molecular weight is 258 g/mol. The Morgan fingerprint density at radius 1 is 1.00 bits per heavy atom. The van der Waals surface area contributed by atoms with Crippen molar-refractivity contribution in [2.24, 2.45) is 0 Å². The van der Waals surface area contributed by atoms with Gasteiger partial charge in [0.05, 0.1) is 16.6 Å². The van der Waals surface area contributed by atoms with Gasteiger partial charge in [0.25, 0.3) is 0 Å². The summed E-state index contributed by atoms with van der Waals surface area (Å²) < 4.78 is 12.0. The Bertz CT molecular complexity index is 559. The van der Waals surface area contributed by atoms with E-state index in [0.29, 0.717) is 10.5 Å². The molecule has 0 amide bonds. The molecule has 92 valence electrons. The summed E-state index contributed by atoms with van der Waals surface area (Å²) >= 11 is 0. The van der Waals surface area contributed by atoms with Gasteiger partial charge >= 0.3 is 0 Å². The van der Waals surface area contributed by atoms with Crippen molar-refractivity contribution in [3.63, 3.8) is 0 Å². The molecule has 2 nitrogen and oxygen atoms in total. The van der Waals surface area contributed by atoms with E-state index in [4.69, 9.17) is 0 Å². The van der Waals surface area contributed by atoms with Crippen LogP contribution in [0.25, 0.3) is 0 Å². The van der Waals surface area contributed by atoms with Crippen LogP contribution in [-0.2, 0) is 10.8 Å². The fourth-order valence-corrected chi connectivity index (χ4v) is 2.63. The second-order valence-corrected chi connectivity index (χ2v) is 5.54. The molecular formula is C15H14O2S. The van der Waals surface area contributed by atoms with Gasteiger partial charge in [0.1, 0.15) is 0 Å². The largest absolute Gasteiger partial charge is 0.293 e. The summed E-state index contributed by atoms with van der Waals surface area (Å²) in [5, 5.41) is 0. The fourth-order valence-electron chi connectivity index (χ4n) is 1.60. The second kappa shape index (κ2) is 5.74. The van der Waals surface area contributed by atoms with Crippen molar-refractivity contribution >= 4 is 16.6 Å². The van der Waals surface area contributed by atoms with Crippen molar-refractivity contribution in [3.8, 4) is 0 Å². The molecule has 0 aliphatic carbocycles. The average Bonchev–Trinajstić information content (AvgIpc) is 2.40. The van der Waals surface area contributed by atoms with Crippen molar-refractivity contribution in [2.45, 2.75) is 11.8 Å². The minimum atomic E-state index is -1.27. The topological polar surface area (TPSA) is 34.1 Å². The zero-order chi connectivity index (χ0) is 13.0. The maximum atomic E-state index is 12.0. The number of ketones is 1. The molecule has 0 saturated carbocycles. The minimum Gasteiger partial charge on any atom is -0.293 e. The summed E-state index contributed by atoms with van der Waals surface area (Å²) in [4.78, 5) is 12.6. The molecular weight excluding hydrogens is 244 g/mol. The summed E-state index contributed by atoms with van der Waals surface area (Å²) in [6.45, 7) is 1.97. The van der Waals surface area contributed by atoms with Crippen LogP contribution in [0.5, 0.6) is 0 Å². The highest BCUT2D eigenvalue weighted by molar-refractivity contribution is 7.85. The molecule has 2 rings (SSSR count). The van der Waals surface area contributed by atoms with Crippen LogP contribution in [0.3, 0.4) is 0 Å². The molecule has 0 aliphatic heterocycles. The Morgan fingerprint density at radius 2 is 1.61 bits per heavy atom. The highest BCUT2D eigenvalue weighted by Crippen LogP contribution is 2.09. The first-order valence-corrected chi connectivity index (χ1v) is 7.02. The van der Waals surface area contributed by atoms with Gasteiger partial charge in [-0.2, -0.15) is 0 Å². The van der Waals surface area contributed by atoms with Crippen LogP contribution in [0.15, 0.2) is 59.5 Å². The Hall–Kier alpha value is -1.74. The molecule has 1 unspecified atom stereocenters. The minimum absolute atomic E-state index is 0.0348. The molecule has 2 aromatic rings. The van der Waals surface area contributed by atoms with Gasteiger partial charge in [-0.3, -0.25) is 9.00 Å². The molecule has 18 heavy (non-hydrogen) atoms. The van der Waals surface area contributed by atoms with Gasteiger partial charge in [-0.25, -0.2) is 0 Å². The predicted octanol–water partition coefficient (Wildman–Crippen LogP) is 2.99. The zero-order valence-corrected chi connectivity index (χ0v) is 10.9. The number of hydrogen-bond acceptors (Lipinski definition) is 2. The van der Waals surface area contributed by atoms with Gasteiger partial charge in [-0.05, 0) is 19.1 Å². The van der Waals surface area contributed by atoms with Crippen LogP contribution in [-0.4, -0.2) is 15.7 Å². The number of carbonyl (C=O) groups is 1. The molecule has 1 atom stereocenters. The third kappa shape index (κ3) is 3.14. The van der Waals surface area contributed by atoms with Gasteiger partial charge in [0, 0.05) is 10.5 Å². The first-order valence-electron chi connectivity index (χ1n) is 5.70. The van der Waals surface area contributed by atoms with Gasteiger partial charge < -0.3 is 0 Å². The maximum Gasteiger partial charge on any atom is 0.175 e. The molecule has 0 aliphatic rings. The lowest BCUT2D eigenvalue weighted by atomic mass is 10.1. The molecule has 2 aromatic carbocycles. The maximum absolute atomic E-state index is 12.0. The number of rotatable bonds is 4. The van der Waals surface area contributed by atoms with E-state index in [2.05, 4.69) is 0 Å². The molecule has 0 radical (unpaired) electrons. The number of hydrogen-bond donors (Lipinski definition) is 0. The number of aryl methyl sites for hydroxylation is 1. The van der Waals surface area contributed by atoms with Gasteiger partial charge in [0.2, 0.25) is 0 Å². The Kier molecular flexibility index (Phi) is 4.05. The van der Waals surface area contributed by atoms with E-state index in [1.807, 2.05) is 37.3 Å². The second-order valence-electron chi connectivity index (χ2n) is 4.09. The van der Waals surface area contributed by atoms with E-state index in [9.17, 15) is 9.00 Å². The van der Waals surface area contributed by atoms with Crippen LogP contribution in [0.1, 0.15) is 15.9 Å². The van der Waals surface area contributed by atoms with Crippen molar-refractivity contribution in [2.75, 3.05) is 5.75 Å². The predicted molar refractivity (Wildman–Crippen MR) is 73.2 cm³/mol. The lowest BCUT2D eigenvalue weighted by molar-refractivity contribution is 0.102. The Morgan fingerprint density at radius 3 is 2.22 bits per heavy atom. The monoisotopic (exact) mass is 258 g/mol. The zero-order valence-electron chi connectivity index (χ0n) is 10.1. The standard InChI is InChI=1S/C15H14O2S/c1-12-7-9-13(10-8-12)15(16)11-18(17)14-5-3-2-4-6-14/h2-10H,11H2,1H3. The first kappa shape index (κ1) is 12.7. The molecule has 0 fully saturated rings. The molecule has 0 aromatic heterocycles. The van der Waals surface area contributed by atoms with Crippen LogP contribution in [0.4, 0.5) is 0 Å². The van der Waals surface area contributed by atoms with Crippen molar-refractivity contribution in [3.05, 3.63) is 65.7 Å². The van der Waals surface area contributed by atoms with Crippen molar-refractivity contribution in [1.29, 1.82) is 0 Å². The molecule has 0 heterocycles. The third-order valence-electron chi connectivity index (χ3n) is 2.64. The lowest BCUT2D eigenvalue weighted by Crippen LogP contribution is -2.11. The third-order valence-corrected chi connectivity index (χ3v) is 3.96. The smallest absolute Gasteiger partial charge is 0.175 e. The molecule has 3 heteroatoms. The van der Waals surface area contributed by atoms with Crippen LogP contribution < -0.4 is 0 Å². The number of benzene rings is 2. The summed E-state index contributed by atoms with van der Waals surface area (Å²) in [5.41, 5.74) is 1.72. The molecule has 0 bridgehead atoms.